The summed E-state index contributed by atoms with van der Waals surface area (Å²) < 4.78 is 0. The highest BCUT2D eigenvalue weighted by Crippen LogP contribution is 2.18. The zero-order valence-corrected chi connectivity index (χ0v) is 15.7. The lowest BCUT2D eigenvalue weighted by atomic mass is 10.2. The molecule has 1 aliphatic heterocycles. The lowest BCUT2D eigenvalue weighted by Gasteiger charge is -2.34. The first-order valence-corrected chi connectivity index (χ1v) is 10.2. The van der Waals surface area contributed by atoms with E-state index in [9.17, 15) is 9.59 Å². The minimum atomic E-state index is 0.121. The highest BCUT2D eigenvalue weighted by Gasteiger charge is 2.26. The number of nitrogens with zero attached hydrogens (tertiary/aromatic N) is 2. The number of nitrogens with one attached hydrogen (secondary N) is 1. The number of benzene rings is 1. The molecule has 1 saturated carbocycles. The first kappa shape index (κ1) is 18.3. The van der Waals surface area contributed by atoms with Crippen LogP contribution in [0.4, 0.5) is 0 Å². The van der Waals surface area contributed by atoms with Gasteiger partial charge < -0.3 is 10.2 Å². The van der Waals surface area contributed by atoms with E-state index >= 15 is 0 Å². The van der Waals surface area contributed by atoms with Gasteiger partial charge in [0.25, 0.3) is 0 Å². The molecule has 2 fully saturated rings. The average Bonchev–Trinajstić information content (AvgIpc) is 3.39. The summed E-state index contributed by atoms with van der Waals surface area (Å²) in [6.45, 7) is 5.56. The molecule has 136 valence electrons. The van der Waals surface area contributed by atoms with Crippen LogP contribution >= 0.6 is 11.8 Å². The van der Waals surface area contributed by atoms with Gasteiger partial charge in [-0.15, -0.1) is 11.8 Å². The topological polar surface area (TPSA) is 52.7 Å². The Kier molecular flexibility index (Phi) is 6.37. The van der Waals surface area contributed by atoms with Crippen LogP contribution in [0.2, 0.25) is 0 Å². The van der Waals surface area contributed by atoms with E-state index in [1.807, 2.05) is 4.90 Å². The van der Waals surface area contributed by atoms with Gasteiger partial charge >= 0.3 is 0 Å². The summed E-state index contributed by atoms with van der Waals surface area (Å²) in [7, 11) is 0. The molecule has 0 radical (unpaired) electrons. The van der Waals surface area contributed by atoms with Crippen molar-refractivity contribution in [2.24, 2.45) is 0 Å². The molecular formula is C19H27N3O2S. The maximum absolute atomic E-state index is 12.3. The van der Waals surface area contributed by atoms with Gasteiger partial charge in [0, 0.05) is 38.0 Å². The quantitative estimate of drug-likeness (QED) is 0.802. The van der Waals surface area contributed by atoms with Gasteiger partial charge in [-0.3, -0.25) is 14.5 Å². The first-order valence-electron chi connectivity index (χ1n) is 9.03. The summed E-state index contributed by atoms with van der Waals surface area (Å²) in [4.78, 5) is 28.3. The normalized spacial score (nSPS) is 18.2. The van der Waals surface area contributed by atoms with Gasteiger partial charge in [0.1, 0.15) is 0 Å². The Morgan fingerprint density at radius 1 is 1.20 bits per heavy atom. The summed E-state index contributed by atoms with van der Waals surface area (Å²) in [6.07, 6.45) is 2.24. The first-order chi connectivity index (χ1) is 12.1. The van der Waals surface area contributed by atoms with Crippen LogP contribution in [0.3, 0.4) is 0 Å². The van der Waals surface area contributed by atoms with E-state index in [-0.39, 0.29) is 11.8 Å². The molecule has 1 heterocycles. The fraction of sp³-hybridized carbons (Fsp3) is 0.579. The Bertz CT molecular complexity index is 610. The number of rotatable bonds is 7. The van der Waals surface area contributed by atoms with Crippen molar-refractivity contribution in [2.75, 3.05) is 38.5 Å². The summed E-state index contributed by atoms with van der Waals surface area (Å²) in [6, 6.07) is 8.84. The largest absolute Gasteiger partial charge is 0.352 e. The second-order valence-electron chi connectivity index (χ2n) is 6.98. The highest BCUT2D eigenvalue weighted by molar-refractivity contribution is 7.99. The molecule has 3 rings (SSSR count). The van der Waals surface area contributed by atoms with Crippen LogP contribution in [-0.4, -0.2) is 66.1 Å². The maximum Gasteiger partial charge on any atom is 0.234 e. The molecule has 0 spiro atoms. The van der Waals surface area contributed by atoms with Crippen molar-refractivity contribution in [3.8, 4) is 0 Å². The number of hydrogen-bond donors (Lipinski definition) is 1. The molecule has 2 amide bonds. The van der Waals surface area contributed by atoms with Crippen LogP contribution < -0.4 is 5.32 Å². The van der Waals surface area contributed by atoms with Crippen LogP contribution in [0, 0.1) is 6.92 Å². The van der Waals surface area contributed by atoms with E-state index in [0.717, 1.165) is 44.8 Å². The van der Waals surface area contributed by atoms with E-state index in [0.29, 0.717) is 18.3 Å². The third-order valence-electron chi connectivity index (χ3n) is 4.61. The number of aryl methyl sites for hydroxylation is 1. The predicted molar refractivity (Wildman–Crippen MR) is 102 cm³/mol. The molecule has 1 N–H and O–H groups in total. The lowest BCUT2D eigenvalue weighted by Crippen LogP contribution is -2.51. The van der Waals surface area contributed by atoms with Crippen molar-refractivity contribution in [2.45, 2.75) is 31.6 Å². The van der Waals surface area contributed by atoms with Gasteiger partial charge in [0.2, 0.25) is 11.8 Å². The molecule has 0 bridgehead atoms. The Balaban J connectivity index is 1.33. The fourth-order valence-corrected chi connectivity index (χ4v) is 3.88. The number of amides is 2. The molecular weight excluding hydrogens is 334 g/mol. The molecule has 6 heteroatoms. The van der Waals surface area contributed by atoms with Gasteiger partial charge in [-0.2, -0.15) is 0 Å². The molecule has 1 aromatic carbocycles. The zero-order chi connectivity index (χ0) is 17.6. The van der Waals surface area contributed by atoms with Crippen molar-refractivity contribution < 1.29 is 9.59 Å². The van der Waals surface area contributed by atoms with Gasteiger partial charge in [0.05, 0.1) is 12.3 Å². The van der Waals surface area contributed by atoms with Gasteiger partial charge in [-0.05, 0) is 25.3 Å². The second-order valence-corrected chi connectivity index (χ2v) is 7.97. The summed E-state index contributed by atoms with van der Waals surface area (Å²) >= 11 is 1.67. The van der Waals surface area contributed by atoms with Crippen LogP contribution in [0.1, 0.15) is 24.0 Å². The van der Waals surface area contributed by atoms with Gasteiger partial charge in [-0.25, -0.2) is 0 Å². The van der Waals surface area contributed by atoms with E-state index in [2.05, 4.69) is 41.4 Å². The van der Waals surface area contributed by atoms with Crippen molar-refractivity contribution in [3.63, 3.8) is 0 Å². The SMILES string of the molecule is Cc1cccc(CSCC(=O)N2CCN(CC(=O)NC3CC3)CC2)c1. The van der Waals surface area contributed by atoms with Crippen LogP contribution in [-0.2, 0) is 15.3 Å². The summed E-state index contributed by atoms with van der Waals surface area (Å²) in [5.41, 5.74) is 2.52. The smallest absolute Gasteiger partial charge is 0.234 e. The van der Waals surface area contributed by atoms with E-state index in [4.69, 9.17) is 0 Å². The minimum Gasteiger partial charge on any atom is -0.352 e. The van der Waals surface area contributed by atoms with Crippen molar-refractivity contribution >= 4 is 23.6 Å². The summed E-state index contributed by atoms with van der Waals surface area (Å²) in [5.74, 6) is 1.72. The molecule has 25 heavy (non-hydrogen) atoms. The number of piperazine rings is 1. The van der Waals surface area contributed by atoms with Crippen LogP contribution in [0.15, 0.2) is 24.3 Å². The third kappa shape index (κ3) is 6.04. The highest BCUT2D eigenvalue weighted by atomic mass is 32.2. The Labute approximate surface area is 154 Å². The molecule has 2 aliphatic rings. The lowest BCUT2D eigenvalue weighted by molar-refractivity contribution is -0.130. The van der Waals surface area contributed by atoms with Crippen molar-refractivity contribution in [1.82, 2.24) is 15.1 Å². The third-order valence-corrected chi connectivity index (χ3v) is 5.60. The Hall–Kier alpha value is -1.53. The van der Waals surface area contributed by atoms with Crippen LogP contribution in [0.5, 0.6) is 0 Å². The predicted octanol–water partition coefficient (Wildman–Crippen LogP) is 1.65. The second kappa shape index (κ2) is 8.72. The molecule has 0 aromatic heterocycles. The maximum atomic E-state index is 12.3. The van der Waals surface area contributed by atoms with Gasteiger partial charge in [0.15, 0.2) is 0 Å². The monoisotopic (exact) mass is 361 g/mol. The molecule has 1 aliphatic carbocycles. The van der Waals surface area contributed by atoms with Crippen LogP contribution in [0.25, 0.3) is 0 Å². The van der Waals surface area contributed by atoms with E-state index < -0.39 is 0 Å². The molecule has 1 aromatic rings. The fourth-order valence-electron chi connectivity index (χ4n) is 3.01. The average molecular weight is 362 g/mol. The van der Waals surface area contributed by atoms with E-state index in [1.165, 1.54) is 11.1 Å². The number of hydrogen-bond acceptors (Lipinski definition) is 4. The molecule has 0 unspecified atom stereocenters. The zero-order valence-electron chi connectivity index (χ0n) is 14.9. The number of carbonyl (C=O) groups is 2. The standard InChI is InChI=1S/C19H27N3O2S/c1-15-3-2-4-16(11-15)13-25-14-19(24)22-9-7-21(8-10-22)12-18(23)20-17-5-6-17/h2-4,11,17H,5-10,12-14H2,1H3,(H,20,23). The molecule has 5 nitrogen and oxygen atoms in total. The minimum absolute atomic E-state index is 0.121. The number of thioether (sulfide) groups is 1. The number of carbonyl (C=O) groups excluding carboxylic acids is 2. The van der Waals surface area contributed by atoms with E-state index in [1.54, 1.807) is 11.8 Å². The van der Waals surface area contributed by atoms with Crippen molar-refractivity contribution in [1.29, 1.82) is 0 Å². The summed E-state index contributed by atoms with van der Waals surface area (Å²) in [5, 5.41) is 3.02. The van der Waals surface area contributed by atoms with Crippen molar-refractivity contribution in [3.05, 3.63) is 35.4 Å². The Morgan fingerprint density at radius 2 is 1.96 bits per heavy atom. The molecule has 1 saturated heterocycles. The van der Waals surface area contributed by atoms with Gasteiger partial charge in [-0.1, -0.05) is 29.8 Å². The molecule has 0 atom stereocenters. The Morgan fingerprint density at radius 3 is 2.64 bits per heavy atom.